The lowest BCUT2D eigenvalue weighted by atomic mass is 10.1. The van der Waals surface area contributed by atoms with E-state index in [0.717, 1.165) is 16.7 Å². The van der Waals surface area contributed by atoms with Gasteiger partial charge in [-0.1, -0.05) is 36.4 Å². The van der Waals surface area contributed by atoms with Gasteiger partial charge < -0.3 is 20.5 Å². The fourth-order valence-electron chi connectivity index (χ4n) is 2.24. The molecule has 0 fully saturated rings. The molecule has 2 rings (SSSR count). The van der Waals surface area contributed by atoms with Crippen LogP contribution in [0.1, 0.15) is 30.5 Å². The van der Waals surface area contributed by atoms with Crippen molar-refractivity contribution in [2.45, 2.75) is 39.7 Å². The number of hydrogen-bond donors (Lipinski definition) is 3. The average molecular weight is 328 g/mol. The van der Waals surface area contributed by atoms with E-state index < -0.39 is 0 Å². The van der Waals surface area contributed by atoms with Crippen LogP contribution in [0, 0.1) is 0 Å². The summed E-state index contributed by atoms with van der Waals surface area (Å²) in [4.78, 5) is 12.0. The fraction of sp³-hybridized carbons (Fsp3) is 0.316. The van der Waals surface area contributed by atoms with Crippen molar-refractivity contribution in [2.75, 3.05) is 5.32 Å². The molecule has 3 N–H and O–H groups in total. The molecule has 2 amide bonds. The zero-order valence-electron chi connectivity index (χ0n) is 14.1. The average Bonchev–Trinajstić information content (AvgIpc) is 2.58. The van der Waals surface area contributed by atoms with Crippen molar-refractivity contribution >= 4 is 11.7 Å². The van der Waals surface area contributed by atoms with Gasteiger partial charge in [0.1, 0.15) is 0 Å². The zero-order valence-corrected chi connectivity index (χ0v) is 14.1. The summed E-state index contributed by atoms with van der Waals surface area (Å²) in [5, 5.41) is 14.9. The molecule has 5 nitrogen and oxygen atoms in total. The van der Waals surface area contributed by atoms with Gasteiger partial charge >= 0.3 is 6.03 Å². The van der Waals surface area contributed by atoms with Crippen LogP contribution in [0.3, 0.4) is 0 Å². The third-order valence-corrected chi connectivity index (χ3v) is 3.50. The first-order valence-corrected chi connectivity index (χ1v) is 8.01. The molecule has 0 saturated carbocycles. The lowest BCUT2D eigenvalue weighted by Gasteiger charge is -2.12. The van der Waals surface area contributed by atoms with Crippen LogP contribution in [-0.4, -0.2) is 17.2 Å². The maximum Gasteiger partial charge on any atom is 0.319 e. The largest absolute Gasteiger partial charge is 0.392 e. The number of amides is 2. The van der Waals surface area contributed by atoms with Gasteiger partial charge in [-0.3, -0.25) is 0 Å². The Morgan fingerprint density at radius 3 is 2.58 bits per heavy atom. The van der Waals surface area contributed by atoms with Gasteiger partial charge in [0.2, 0.25) is 0 Å². The van der Waals surface area contributed by atoms with E-state index in [4.69, 9.17) is 4.74 Å². The van der Waals surface area contributed by atoms with E-state index in [-0.39, 0.29) is 18.7 Å². The molecular weight excluding hydrogens is 304 g/mol. The highest BCUT2D eigenvalue weighted by molar-refractivity contribution is 5.89. The van der Waals surface area contributed by atoms with E-state index in [0.29, 0.717) is 18.8 Å². The molecule has 0 unspecified atom stereocenters. The number of rotatable bonds is 7. The molecule has 0 aliphatic carbocycles. The van der Waals surface area contributed by atoms with Crippen LogP contribution in [0.25, 0.3) is 0 Å². The Morgan fingerprint density at radius 1 is 1.12 bits per heavy atom. The highest BCUT2D eigenvalue weighted by atomic mass is 16.5. The van der Waals surface area contributed by atoms with E-state index in [1.165, 1.54) is 0 Å². The number of carbonyl (C=O) groups is 1. The highest BCUT2D eigenvalue weighted by Crippen LogP contribution is 2.13. The number of ether oxygens (including phenoxy) is 1. The number of hydrogen-bond acceptors (Lipinski definition) is 3. The molecule has 0 heterocycles. The number of anilines is 1. The summed E-state index contributed by atoms with van der Waals surface area (Å²) in [7, 11) is 0. The molecule has 0 atom stereocenters. The fourth-order valence-corrected chi connectivity index (χ4v) is 2.24. The van der Waals surface area contributed by atoms with E-state index in [1.54, 1.807) is 0 Å². The Hall–Kier alpha value is -2.37. The normalized spacial score (nSPS) is 10.7. The summed E-state index contributed by atoms with van der Waals surface area (Å²) in [6, 6.07) is 14.8. The van der Waals surface area contributed by atoms with E-state index in [9.17, 15) is 9.90 Å². The summed E-state index contributed by atoms with van der Waals surface area (Å²) in [6.07, 6.45) is 0.163. The molecule has 0 radical (unpaired) electrons. The third-order valence-electron chi connectivity index (χ3n) is 3.50. The number of urea groups is 1. The lowest BCUT2D eigenvalue weighted by molar-refractivity contribution is 0.0657. The first-order valence-electron chi connectivity index (χ1n) is 8.01. The molecule has 2 aromatic carbocycles. The molecule has 24 heavy (non-hydrogen) atoms. The number of aliphatic hydroxyl groups is 1. The number of carbonyl (C=O) groups excluding carboxylic acids is 1. The predicted molar refractivity (Wildman–Crippen MR) is 94.6 cm³/mol. The van der Waals surface area contributed by atoms with Gasteiger partial charge in [0.15, 0.2) is 0 Å². The second-order valence-electron chi connectivity index (χ2n) is 5.79. The highest BCUT2D eigenvalue weighted by Gasteiger charge is 2.05. The first kappa shape index (κ1) is 18.0. The van der Waals surface area contributed by atoms with Crippen LogP contribution < -0.4 is 10.6 Å². The Balaban J connectivity index is 1.89. The van der Waals surface area contributed by atoms with Gasteiger partial charge in [-0.15, -0.1) is 0 Å². The number of benzene rings is 2. The maximum absolute atomic E-state index is 12.0. The Bertz CT molecular complexity index is 671. The second kappa shape index (κ2) is 9.05. The second-order valence-corrected chi connectivity index (χ2v) is 5.79. The monoisotopic (exact) mass is 328 g/mol. The minimum absolute atomic E-state index is 0.0443. The predicted octanol–water partition coefficient (Wildman–Crippen LogP) is 3.43. The Labute approximate surface area is 142 Å². The van der Waals surface area contributed by atoms with Crippen LogP contribution >= 0.6 is 0 Å². The topological polar surface area (TPSA) is 70.6 Å². The van der Waals surface area contributed by atoms with Crippen molar-refractivity contribution < 1.29 is 14.6 Å². The summed E-state index contributed by atoms with van der Waals surface area (Å²) in [5.74, 6) is 0. The number of nitrogens with one attached hydrogen (secondary N) is 2. The summed E-state index contributed by atoms with van der Waals surface area (Å²) in [6.45, 7) is 4.80. The summed E-state index contributed by atoms with van der Waals surface area (Å²) >= 11 is 0. The van der Waals surface area contributed by atoms with Crippen molar-refractivity contribution in [1.29, 1.82) is 0 Å². The molecule has 0 spiro atoms. The molecule has 2 aromatic rings. The minimum atomic E-state index is -0.287. The van der Waals surface area contributed by atoms with Gasteiger partial charge in [0, 0.05) is 12.2 Å². The van der Waals surface area contributed by atoms with E-state index >= 15 is 0 Å². The maximum atomic E-state index is 12.0. The van der Waals surface area contributed by atoms with Gasteiger partial charge in [-0.2, -0.15) is 0 Å². The SMILES string of the molecule is CC(C)OCc1cccc(NC(=O)NCc2ccccc2CO)c1. The summed E-state index contributed by atoms with van der Waals surface area (Å²) in [5.41, 5.74) is 3.43. The Morgan fingerprint density at radius 2 is 1.88 bits per heavy atom. The van der Waals surface area contributed by atoms with Gasteiger partial charge in [-0.25, -0.2) is 4.79 Å². The number of aliphatic hydroxyl groups excluding tert-OH is 1. The zero-order chi connectivity index (χ0) is 17.4. The van der Waals surface area contributed by atoms with Crippen molar-refractivity contribution in [1.82, 2.24) is 5.32 Å². The smallest absolute Gasteiger partial charge is 0.319 e. The van der Waals surface area contributed by atoms with Gasteiger partial charge in [-0.05, 0) is 42.7 Å². The third kappa shape index (κ3) is 5.68. The van der Waals surface area contributed by atoms with Gasteiger partial charge in [0.05, 0.1) is 19.3 Å². The van der Waals surface area contributed by atoms with Crippen molar-refractivity contribution in [3.63, 3.8) is 0 Å². The molecule has 0 bridgehead atoms. The van der Waals surface area contributed by atoms with E-state index in [2.05, 4.69) is 10.6 Å². The van der Waals surface area contributed by atoms with Crippen LogP contribution in [0.4, 0.5) is 10.5 Å². The van der Waals surface area contributed by atoms with Crippen LogP contribution in [0.2, 0.25) is 0 Å². The van der Waals surface area contributed by atoms with Crippen LogP contribution in [0.5, 0.6) is 0 Å². The molecule has 0 aromatic heterocycles. The molecule has 0 aliphatic heterocycles. The van der Waals surface area contributed by atoms with Crippen molar-refractivity contribution in [2.24, 2.45) is 0 Å². The minimum Gasteiger partial charge on any atom is -0.392 e. The molecular formula is C19H24N2O3. The summed E-state index contributed by atoms with van der Waals surface area (Å²) < 4.78 is 5.57. The van der Waals surface area contributed by atoms with E-state index in [1.807, 2.05) is 62.4 Å². The Kier molecular flexibility index (Phi) is 6.78. The molecule has 5 heteroatoms. The quantitative estimate of drug-likeness (QED) is 0.729. The van der Waals surface area contributed by atoms with Gasteiger partial charge in [0.25, 0.3) is 0 Å². The standard InChI is InChI=1S/C19H24N2O3/c1-14(2)24-13-15-6-5-9-18(10-15)21-19(23)20-11-16-7-3-4-8-17(16)12-22/h3-10,14,22H,11-13H2,1-2H3,(H2,20,21,23). The molecule has 0 aliphatic rings. The van der Waals surface area contributed by atoms with Crippen molar-refractivity contribution in [3.05, 3.63) is 65.2 Å². The van der Waals surface area contributed by atoms with Crippen LogP contribution in [0.15, 0.2) is 48.5 Å². The molecule has 128 valence electrons. The molecule has 0 saturated heterocycles. The lowest BCUT2D eigenvalue weighted by Crippen LogP contribution is -2.28. The van der Waals surface area contributed by atoms with Crippen LogP contribution in [-0.2, 0) is 24.5 Å². The first-order chi connectivity index (χ1) is 11.6. The van der Waals surface area contributed by atoms with Crippen molar-refractivity contribution in [3.8, 4) is 0 Å².